The van der Waals surface area contributed by atoms with Crippen molar-refractivity contribution in [1.82, 2.24) is 5.32 Å². The van der Waals surface area contributed by atoms with Crippen LogP contribution in [-0.2, 0) is 4.74 Å². The lowest BCUT2D eigenvalue weighted by molar-refractivity contribution is -0.143. The molecule has 2 atom stereocenters. The lowest BCUT2D eigenvalue weighted by Crippen LogP contribution is -2.51. The van der Waals surface area contributed by atoms with E-state index in [9.17, 15) is 5.11 Å². The van der Waals surface area contributed by atoms with Crippen molar-refractivity contribution in [2.24, 2.45) is 5.92 Å². The van der Waals surface area contributed by atoms with Gasteiger partial charge in [-0.3, -0.25) is 0 Å². The first kappa shape index (κ1) is 15.1. The third-order valence-electron chi connectivity index (χ3n) is 5.66. The van der Waals surface area contributed by atoms with Gasteiger partial charge in [0.1, 0.15) is 0 Å². The van der Waals surface area contributed by atoms with Crippen LogP contribution in [-0.4, -0.2) is 47.0 Å². The highest BCUT2D eigenvalue weighted by molar-refractivity contribution is 7.99. The standard InChI is InChI=1S/C16H29NO2S/c1-2-17-14-3-6-16(18,7-4-14)13-5-9-19-15(11-13)8-10-20-12-15/h13-14,17-18H,2-12H2,1H3. The minimum atomic E-state index is -0.421. The number of thioether (sulfide) groups is 1. The molecule has 0 bridgehead atoms. The molecule has 0 aromatic heterocycles. The zero-order valence-electron chi connectivity index (χ0n) is 12.7. The van der Waals surface area contributed by atoms with Gasteiger partial charge in [-0.1, -0.05) is 6.92 Å². The molecule has 2 aliphatic heterocycles. The van der Waals surface area contributed by atoms with Gasteiger partial charge in [0.25, 0.3) is 0 Å². The van der Waals surface area contributed by atoms with E-state index in [-0.39, 0.29) is 5.60 Å². The Hall–Kier alpha value is 0.230. The second-order valence-corrected chi connectivity index (χ2v) is 8.06. The summed E-state index contributed by atoms with van der Waals surface area (Å²) in [4.78, 5) is 0. The number of aliphatic hydroxyl groups is 1. The zero-order chi connectivity index (χ0) is 14.1. The molecule has 0 radical (unpaired) electrons. The van der Waals surface area contributed by atoms with Crippen molar-refractivity contribution in [3.63, 3.8) is 0 Å². The van der Waals surface area contributed by atoms with Crippen LogP contribution in [0, 0.1) is 5.92 Å². The maximum Gasteiger partial charge on any atom is 0.0784 e. The second kappa shape index (κ2) is 6.15. The van der Waals surface area contributed by atoms with Crippen LogP contribution in [0.4, 0.5) is 0 Å². The molecule has 2 N–H and O–H groups in total. The number of hydrogen-bond donors (Lipinski definition) is 2. The predicted molar refractivity (Wildman–Crippen MR) is 84.2 cm³/mol. The zero-order valence-corrected chi connectivity index (χ0v) is 13.5. The van der Waals surface area contributed by atoms with E-state index in [0.29, 0.717) is 12.0 Å². The third kappa shape index (κ3) is 3.03. The first-order valence-electron chi connectivity index (χ1n) is 8.33. The van der Waals surface area contributed by atoms with Crippen LogP contribution >= 0.6 is 11.8 Å². The molecule has 3 nitrogen and oxygen atoms in total. The lowest BCUT2D eigenvalue weighted by Gasteiger charge is -2.47. The number of ether oxygens (including phenoxy) is 1. The molecule has 3 rings (SSSR count). The van der Waals surface area contributed by atoms with Crippen molar-refractivity contribution < 1.29 is 9.84 Å². The lowest BCUT2D eigenvalue weighted by atomic mass is 9.68. The first-order chi connectivity index (χ1) is 9.66. The minimum Gasteiger partial charge on any atom is -0.390 e. The van der Waals surface area contributed by atoms with Crippen LogP contribution in [0.25, 0.3) is 0 Å². The summed E-state index contributed by atoms with van der Waals surface area (Å²) in [6.07, 6.45) is 7.52. The van der Waals surface area contributed by atoms with Gasteiger partial charge >= 0.3 is 0 Å². The summed E-state index contributed by atoms with van der Waals surface area (Å²) in [6.45, 7) is 4.06. The third-order valence-corrected chi connectivity index (χ3v) is 6.89. The van der Waals surface area contributed by atoms with Crippen molar-refractivity contribution in [3.05, 3.63) is 0 Å². The summed E-state index contributed by atoms with van der Waals surface area (Å²) in [5.41, 5.74) is -0.322. The monoisotopic (exact) mass is 299 g/mol. The van der Waals surface area contributed by atoms with Crippen LogP contribution < -0.4 is 5.32 Å². The van der Waals surface area contributed by atoms with E-state index < -0.39 is 5.60 Å². The van der Waals surface area contributed by atoms with E-state index in [1.54, 1.807) is 0 Å². The van der Waals surface area contributed by atoms with Crippen LogP contribution in [0.3, 0.4) is 0 Å². The van der Waals surface area contributed by atoms with Crippen molar-refractivity contribution in [3.8, 4) is 0 Å². The van der Waals surface area contributed by atoms with Gasteiger partial charge in [-0.15, -0.1) is 0 Å². The molecule has 2 unspecified atom stereocenters. The van der Waals surface area contributed by atoms with Crippen molar-refractivity contribution in [2.45, 2.75) is 69.1 Å². The summed E-state index contributed by atoms with van der Waals surface area (Å²) >= 11 is 2.02. The Morgan fingerprint density at radius 1 is 1.25 bits per heavy atom. The van der Waals surface area contributed by atoms with Crippen LogP contribution in [0.15, 0.2) is 0 Å². The molecule has 3 fully saturated rings. The fourth-order valence-electron chi connectivity index (χ4n) is 4.37. The Morgan fingerprint density at radius 3 is 2.70 bits per heavy atom. The molecular formula is C16H29NO2S. The maximum absolute atomic E-state index is 11.1. The molecule has 4 heteroatoms. The molecule has 0 aromatic rings. The number of nitrogens with one attached hydrogen (secondary N) is 1. The van der Waals surface area contributed by atoms with Gasteiger partial charge in [0.05, 0.1) is 11.2 Å². The van der Waals surface area contributed by atoms with Crippen molar-refractivity contribution >= 4 is 11.8 Å². The quantitative estimate of drug-likeness (QED) is 0.840. The molecule has 2 saturated heterocycles. The highest BCUT2D eigenvalue weighted by Gasteiger charge is 2.48. The Bertz CT molecular complexity index is 322. The Kier molecular flexibility index (Phi) is 4.66. The van der Waals surface area contributed by atoms with E-state index in [0.717, 1.165) is 57.4 Å². The van der Waals surface area contributed by atoms with E-state index in [1.807, 2.05) is 11.8 Å². The Balaban J connectivity index is 1.60. The Morgan fingerprint density at radius 2 is 2.05 bits per heavy atom. The summed E-state index contributed by atoms with van der Waals surface area (Å²) in [7, 11) is 0. The number of rotatable bonds is 3. The highest BCUT2D eigenvalue weighted by Crippen LogP contribution is 2.47. The smallest absolute Gasteiger partial charge is 0.0784 e. The van der Waals surface area contributed by atoms with E-state index in [2.05, 4.69) is 12.2 Å². The van der Waals surface area contributed by atoms with E-state index in [1.165, 1.54) is 12.2 Å². The molecule has 2 heterocycles. The molecule has 1 saturated carbocycles. The summed E-state index contributed by atoms with van der Waals surface area (Å²) in [5.74, 6) is 2.82. The second-order valence-electron chi connectivity index (χ2n) is 6.96. The van der Waals surface area contributed by atoms with Crippen molar-refractivity contribution in [1.29, 1.82) is 0 Å². The average Bonchev–Trinajstić information content (AvgIpc) is 2.90. The Labute approximate surface area is 127 Å². The van der Waals surface area contributed by atoms with Crippen LogP contribution in [0.2, 0.25) is 0 Å². The summed E-state index contributed by atoms with van der Waals surface area (Å²) in [5, 5.41) is 14.7. The fraction of sp³-hybridized carbons (Fsp3) is 1.00. The summed E-state index contributed by atoms with van der Waals surface area (Å²) in [6, 6.07) is 0.621. The first-order valence-corrected chi connectivity index (χ1v) is 9.49. The van der Waals surface area contributed by atoms with Gasteiger partial charge in [-0.05, 0) is 63.2 Å². The highest BCUT2D eigenvalue weighted by atomic mass is 32.2. The topological polar surface area (TPSA) is 41.5 Å². The molecule has 116 valence electrons. The fourth-order valence-corrected chi connectivity index (χ4v) is 5.75. The summed E-state index contributed by atoms with van der Waals surface area (Å²) < 4.78 is 6.11. The molecule has 1 aliphatic carbocycles. The van der Waals surface area contributed by atoms with Gasteiger partial charge < -0.3 is 15.2 Å². The average molecular weight is 299 g/mol. The van der Waals surface area contributed by atoms with E-state index >= 15 is 0 Å². The van der Waals surface area contributed by atoms with Gasteiger partial charge in [0, 0.05) is 18.4 Å². The molecule has 3 aliphatic rings. The predicted octanol–water partition coefficient (Wildman–Crippen LogP) is 2.57. The maximum atomic E-state index is 11.1. The van der Waals surface area contributed by atoms with Gasteiger partial charge in [0.2, 0.25) is 0 Å². The van der Waals surface area contributed by atoms with Gasteiger partial charge in [-0.2, -0.15) is 11.8 Å². The molecular weight excluding hydrogens is 270 g/mol. The van der Waals surface area contributed by atoms with Crippen LogP contribution in [0.5, 0.6) is 0 Å². The molecule has 0 amide bonds. The molecule has 1 spiro atoms. The van der Waals surface area contributed by atoms with Gasteiger partial charge in [-0.25, -0.2) is 0 Å². The van der Waals surface area contributed by atoms with Crippen molar-refractivity contribution in [2.75, 3.05) is 24.7 Å². The molecule has 0 aromatic carbocycles. The normalized spacial score (nSPS) is 45.9. The van der Waals surface area contributed by atoms with E-state index in [4.69, 9.17) is 4.74 Å². The van der Waals surface area contributed by atoms with Crippen LogP contribution in [0.1, 0.15) is 51.9 Å². The van der Waals surface area contributed by atoms with Gasteiger partial charge in [0.15, 0.2) is 0 Å². The minimum absolute atomic E-state index is 0.0990. The SMILES string of the molecule is CCNC1CCC(O)(C2CCOC3(CCSC3)C2)CC1. The number of hydrogen-bond acceptors (Lipinski definition) is 4. The largest absolute Gasteiger partial charge is 0.390 e. The molecule has 20 heavy (non-hydrogen) atoms.